The third kappa shape index (κ3) is 5.21. The van der Waals surface area contributed by atoms with Gasteiger partial charge in [-0.3, -0.25) is 4.79 Å². The van der Waals surface area contributed by atoms with Crippen LogP contribution in [0.2, 0.25) is 0 Å². The van der Waals surface area contributed by atoms with Gasteiger partial charge in [0.1, 0.15) is 0 Å². The van der Waals surface area contributed by atoms with Crippen molar-refractivity contribution in [2.45, 2.75) is 13.0 Å². The highest BCUT2D eigenvalue weighted by molar-refractivity contribution is 8.00. The normalized spacial score (nSPS) is 12.2. The average molecular weight is 255 g/mol. The lowest BCUT2D eigenvalue weighted by Crippen LogP contribution is -2.19. The Morgan fingerprint density at radius 3 is 2.82 bits per heavy atom. The molecule has 0 radical (unpaired) electrons. The number of thioether (sulfide) groups is 1. The first kappa shape index (κ1) is 14.0. The lowest BCUT2D eigenvalue weighted by Gasteiger charge is -2.09. The lowest BCUT2D eigenvalue weighted by molar-refractivity contribution is -0.113. The number of rotatable bonds is 6. The first-order valence-electron chi connectivity index (χ1n) is 5.35. The number of aliphatic hydroxyl groups is 2. The molecule has 0 saturated heterocycles. The van der Waals surface area contributed by atoms with Gasteiger partial charge in [0.25, 0.3) is 0 Å². The van der Waals surface area contributed by atoms with Crippen LogP contribution in [-0.4, -0.2) is 40.3 Å². The number of hydrogen-bond donors (Lipinski definition) is 3. The van der Waals surface area contributed by atoms with E-state index in [4.69, 9.17) is 10.2 Å². The highest BCUT2D eigenvalue weighted by atomic mass is 32.2. The molecule has 3 N–H and O–H groups in total. The molecule has 1 rings (SSSR count). The Bertz CT molecular complexity index is 371. The van der Waals surface area contributed by atoms with Gasteiger partial charge in [0.2, 0.25) is 5.91 Å². The van der Waals surface area contributed by atoms with Crippen molar-refractivity contribution in [2.24, 2.45) is 0 Å². The zero-order valence-corrected chi connectivity index (χ0v) is 10.5. The summed E-state index contributed by atoms with van der Waals surface area (Å²) in [6, 6.07) is 7.56. The van der Waals surface area contributed by atoms with Crippen molar-refractivity contribution in [3.05, 3.63) is 29.8 Å². The molecule has 17 heavy (non-hydrogen) atoms. The number of hydrogen-bond acceptors (Lipinski definition) is 4. The Kier molecular flexibility index (Phi) is 6.04. The van der Waals surface area contributed by atoms with E-state index in [0.29, 0.717) is 5.75 Å². The molecular formula is C12H17NO3S. The Morgan fingerprint density at radius 2 is 2.18 bits per heavy atom. The largest absolute Gasteiger partial charge is 0.394 e. The van der Waals surface area contributed by atoms with E-state index in [2.05, 4.69) is 5.32 Å². The molecule has 1 aromatic rings. The van der Waals surface area contributed by atoms with Gasteiger partial charge in [0.15, 0.2) is 0 Å². The molecule has 1 atom stereocenters. The molecule has 0 heterocycles. The molecule has 1 aromatic carbocycles. The van der Waals surface area contributed by atoms with E-state index in [1.165, 1.54) is 11.8 Å². The van der Waals surface area contributed by atoms with Crippen LogP contribution in [0.5, 0.6) is 0 Å². The molecule has 4 nitrogen and oxygen atoms in total. The van der Waals surface area contributed by atoms with Crippen LogP contribution >= 0.6 is 11.8 Å². The number of nitrogens with one attached hydrogen (secondary N) is 1. The van der Waals surface area contributed by atoms with Gasteiger partial charge >= 0.3 is 0 Å². The van der Waals surface area contributed by atoms with Crippen LogP contribution in [0.3, 0.4) is 0 Å². The highest BCUT2D eigenvalue weighted by Gasteiger charge is 2.07. The van der Waals surface area contributed by atoms with E-state index in [9.17, 15) is 4.79 Å². The van der Waals surface area contributed by atoms with Crippen LogP contribution in [0.1, 0.15) is 5.56 Å². The molecule has 94 valence electrons. The van der Waals surface area contributed by atoms with Crippen molar-refractivity contribution in [1.82, 2.24) is 0 Å². The molecule has 1 amide bonds. The molecule has 0 aliphatic carbocycles. The zero-order chi connectivity index (χ0) is 12.7. The maximum atomic E-state index is 11.6. The summed E-state index contributed by atoms with van der Waals surface area (Å²) in [6.45, 7) is 1.66. The molecule has 0 aromatic heterocycles. The first-order chi connectivity index (χ1) is 8.13. The number of carbonyl (C=O) groups is 1. The van der Waals surface area contributed by atoms with Crippen LogP contribution in [0, 0.1) is 6.92 Å². The van der Waals surface area contributed by atoms with Gasteiger partial charge in [-0.1, -0.05) is 18.2 Å². The van der Waals surface area contributed by atoms with Gasteiger partial charge in [0, 0.05) is 11.4 Å². The fourth-order valence-corrected chi connectivity index (χ4v) is 1.99. The Balaban J connectivity index is 2.33. The number of carbonyl (C=O) groups excluding carboxylic acids is 1. The zero-order valence-electron chi connectivity index (χ0n) is 9.72. The maximum Gasteiger partial charge on any atom is 0.234 e. The minimum atomic E-state index is -0.758. The van der Waals surface area contributed by atoms with E-state index in [0.717, 1.165) is 11.3 Å². The van der Waals surface area contributed by atoms with Gasteiger partial charge in [-0.25, -0.2) is 0 Å². The highest BCUT2D eigenvalue weighted by Crippen LogP contribution is 2.13. The summed E-state index contributed by atoms with van der Waals surface area (Å²) < 4.78 is 0. The predicted molar refractivity (Wildman–Crippen MR) is 70.2 cm³/mol. The van der Waals surface area contributed by atoms with Crippen LogP contribution in [0.15, 0.2) is 24.3 Å². The SMILES string of the molecule is Cc1ccccc1NC(=O)CSCC(O)CO. The summed E-state index contributed by atoms with van der Waals surface area (Å²) in [7, 11) is 0. The third-order valence-electron chi connectivity index (χ3n) is 2.17. The molecule has 0 aliphatic rings. The van der Waals surface area contributed by atoms with E-state index >= 15 is 0 Å². The molecule has 5 heteroatoms. The number of aryl methyl sites for hydroxylation is 1. The second-order valence-corrected chi connectivity index (χ2v) is 4.74. The summed E-state index contributed by atoms with van der Waals surface area (Å²) in [5, 5.41) is 20.5. The van der Waals surface area contributed by atoms with Crippen LogP contribution in [0.4, 0.5) is 5.69 Å². The third-order valence-corrected chi connectivity index (χ3v) is 3.26. The molecular weight excluding hydrogens is 238 g/mol. The van der Waals surface area contributed by atoms with Gasteiger partial charge in [0.05, 0.1) is 18.5 Å². The molecule has 0 fully saturated rings. The molecule has 0 bridgehead atoms. The first-order valence-corrected chi connectivity index (χ1v) is 6.51. The standard InChI is InChI=1S/C12H17NO3S/c1-9-4-2-3-5-11(9)13-12(16)8-17-7-10(15)6-14/h2-5,10,14-15H,6-8H2,1H3,(H,13,16). The average Bonchev–Trinajstić information content (AvgIpc) is 2.32. The van der Waals surface area contributed by atoms with Crippen LogP contribution in [0.25, 0.3) is 0 Å². The van der Waals surface area contributed by atoms with Gasteiger partial charge < -0.3 is 15.5 Å². The van der Waals surface area contributed by atoms with Gasteiger partial charge in [-0.15, -0.1) is 11.8 Å². The van der Waals surface area contributed by atoms with E-state index in [1.54, 1.807) is 0 Å². The second-order valence-electron chi connectivity index (χ2n) is 3.71. The predicted octanol–water partition coefficient (Wildman–Crippen LogP) is 1.02. The second kappa shape index (κ2) is 7.32. The van der Waals surface area contributed by atoms with Gasteiger partial charge in [-0.2, -0.15) is 0 Å². The van der Waals surface area contributed by atoms with Crippen molar-refractivity contribution in [3.63, 3.8) is 0 Å². The number of anilines is 1. The topological polar surface area (TPSA) is 69.6 Å². The fourth-order valence-electron chi connectivity index (χ4n) is 1.24. The van der Waals surface area contributed by atoms with Crippen molar-refractivity contribution < 1.29 is 15.0 Å². The monoisotopic (exact) mass is 255 g/mol. The minimum Gasteiger partial charge on any atom is -0.394 e. The molecule has 0 saturated carbocycles. The van der Waals surface area contributed by atoms with E-state index in [-0.39, 0.29) is 18.3 Å². The quantitative estimate of drug-likeness (QED) is 0.710. The fraction of sp³-hybridized carbons (Fsp3) is 0.417. The van der Waals surface area contributed by atoms with Gasteiger partial charge in [-0.05, 0) is 18.6 Å². The maximum absolute atomic E-state index is 11.6. The number of benzene rings is 1. The summed E-state index contributed by atoms with van der Waals surface area (Å²) in [5.41, 5.74) is 1.82. The lowest BCUT2D eigenvalue weighted by atomic mass is 10.2. The van der Waals surface area contributed by atoms with E-state index < -0.39 is 6.10 Å². The summed E-state index contributed by atoms with van der Waals surface area (Å²) >= 11 is 1.30. The van der Waals surface area contributed by atoms with Crippen LogP contribution < -0.4 is 5.32 Å². The number of aliphatic hydroxyl groups excluding tert-OH is 2. The number of amides is 1. The van der Waals surface area contributed by atoms with Crippen LogP contribution in [-0.2, 0) is 4.79 Å². The number of para-hydroxylation sites is 1. The van der Waals surface area contributed by atoms with Crippen molar-refractivity contribution in [3.8, 4) is 0 Å². The molecule has 0 aliphatic heterocycles. The minimum absolute atomic E-state index is 0.102. The Morgan fingerprint density at radius 1 is 1.47 bits per heavy atom. The molecule has 0 spiro atoms. The van der Waals surface area contributed by atoms with E-state index in [1.807, 2.05) is 31.2 Å². The summed E-state index contributed by atoms with van der Waals surface area (Å²) in [4.78, 5) is 11.6. The summed E-state index contributed by atoms with van der Waals surface area (Å²) in [6.07, 6.45) is -0.758. The Hall–Kier alpha value is -1.04. The van der Waals surface area contributed by atoms with Crippen molar-refractivity contribution >= 4 is 23.4 Å². The smallest absolute Gasteiger partial charge is 0.234 e. The van der Waals surface area contributed by atoms with Crippen molar-refractivity contribution in [1.29, 1.82) is 0 Å². The van der Waals surface area contributed by atoms with Crippen molar-refractivity contribution in [2.75, 3.05) is 23.4 Å². The summed E-state index contributed by atoms with van der Waals surface area (Å²) in [5.74, 6) is 0.526. The Labute approximate surface area is 105 Å². The molecule has 1 unspecified atom stereocenters.